The molecule has 0 unspecified atom stereocenters. The highest BCUT2D eigenvalue weighted by molar-refractivity contribution is 5.77. The lowest BCUT2D eigenvalue weighted by molar-refractivity contribution is -0.134. The predicted octanol–water partition coefficient (Wildman–Crippen LogP) is 1.78. The third-order valence-corrected chi connectivity index (χ3v) is 8.75. The molecule has 0 aliphatic rings. The van der Waals surface area contributed by atoms with Crippen LogP contribution in [-0.4, -0.2) is 250 Å². The van der Waals surface area contributed by atoms with Gasteiger partial charge >= 0.3 is 12.2 Å². The van der Waals surface area contributed by atoms with E-state index in [1.807, 2.05) is 0 Å². The first kappa shape index (κ1) is 69.8. The van der Waals surface area contributed by atoms with Crippen molar-refractivity contribution in [3.8, 4) is 0 Å². The van der Waals surface area contributed by atoms with Gasteiger partial charge in [0.05, 0.1) is 165 Å². The van der Waals surface area contributed by atoms with Gasteiger partial charge in [-0.2, -0.15) is 0 Å². The topological polar surface area (TPSA) is 315 Å². The van der Waals surface area contributed by atoms with Gasteiger partial charge in [-0.05, 0) is 47.1 Å². The van der Waals surface area contributed by atoms with E-state index in [1.165, 1.54) is 0 Å². The van der Waals surface area contributed by atoms with Crippen LogP contribution in [0.15, 0.2) is 5.11 Å². The first-order chi connectivity index (χ1) is 35.6. The Morgan fingerprint density at radius 3 is 0.973 bits per heavy atom. The number of hydrogen-bond acceptors (Lipinski definition) is 20. The molecule has 0 radical (unpaired) electrons. The number of rotatable bonds is 51. The van der Waals surface area contributed by atoms with Gasteiger partial charge in [0.2, 0.25) is 17.7 Å². The number of azide groups is 1. The molecule has 0 heterocycles. The molecule has 0 aliphatic carbocycles. The van der Waals surface area contributed by atoms with Gasteiger partial charge in [-0.3, -0.25) is 14.4 Å². The van der Waals surface area contributed by atoms with Crippen LogP contribution in [0.1, 0.15) is 60.8 Å². The van der Waals surface area contributed by atoms with Gasteiger partial charge in [-0.15, -0.1) is 0 Å². The molecule has 0 aliphatic heterocycles. The summed E-state index contributed by atoms with van der Waals surface area (Å²) in [5.74, 6) is -0.486. The minimum absolute atomic E-state index is 0.108. The van der Waals surface area contributed by atoms with Gasteiger partial charge < -0.3 is 92.5 Å². The lowest BCUT2D eigenvalue weighted by Gasteiger charge is -2.23. The van der Waals surface area contributed by atoms with Crippen LogP contribution >= 0.6 is 0 Å². The second-order valence-corrected chi connectivity index (χ2v) is 17.5. The van der Waals surface area contributed by atoms with E-state index in [1.54, 1.807) is 46.4 Å². The van der Waals surface area contributed by atoms with Gasteiger partial charge in [0.1, 0.15) is 11.2 Å². The van der Waals surface area contributed by atoms with Gasteiger partial charge in [0.25, 0.3) is 0 Å². The molecule has 4 N–H and O–H groups in total. The second kappa shape index (κ2) is 49.6. The van der Waals surface area contributed by atoms with Crippen LogP contribution in [-0.2, 0) is 80.7 Å². The molecule has 0 atom stereocenters. The lowest BCUT2D eigenvalue weighted by atomic mass is 10.2. The molecular formula is C47H90N8O19. The number of nitrogens with zero attached hydrogens (tertiary/aromatic N) is 4. The fourth-order valence-corrected chi connectivity index (χ4v) is 5.33. The zero-order valence-corrected chi connectivity index (χ0v) is 45.1. The van der Waals surface area contributed by atoms with Crippen molar-refractivity contribution in [3.05, 3.63) is 10.4 Å². The van der Waals surface area contributed by atoms with Crippen LogP contribution in [0.3, 0.4) is 0 Å². The molecule has 0 saturated heterocycles. The van der Waals surface area contributed by atoms with Crippen LogP contribution in [0.5, 0.6) is 0 Å². The Morgan fingerprint density at radius 2 is 0.662 bits per heavy atom. The summed E-state index contributed by atoms with van der Waals surface area (Å²) in [5.41, 5.74) is 7.07. The summed E-state index contributed by atoms with van der Waals surface area (Å²) in [7, 11) is 0. The average Bonchev–Trinajstić information content (AvgIpc) is 3.33. The Balaban J connectivity index is 4.21. The first-order valence-electron chi connectivity index (χ1n) is 25.3. The second-order valence-electron chi connectivity index (χ2n) is 17.5. The van der Waals surface area contributed by atoms with Gasteiger partial charge in [-0.25, -0.2) is 9.59 Å². The number of amides is 5. The summed E-state index contributed by atoms with van der Waals surface area (Å²) in [5, 5.41) is 13.9. The SMILES string of the molecule is CC(C)(C)OC(=O)NCCNC(=O)CCOCCOCCOCCOCCN(CCOCCOCCOCCOCCC(=O)NCCNC(=O)OC(C)(C)C)C(=O)CCOCCOCCOCCOCCN=[N+]=[N-]. The monoisotopic (exact) mass is 1070 g/mol. The van der Waals surface area contributed by atoms with Crippen molar-refractivity contribution in [2.45, 2.75) is 72.0 Å². The summed E-state index contributed by atoms with van der Waals surface area (Å²) < 4.78 is 76.6. The molecule has 0 spiro atoms. The van der Waals surface area contributed by atoms with E-state index in [0.717, 1.165) is 0 Å². The molecule has 0 aromatic heterocycles. The summed E-state index contributed by atoms with van der Waals surface area (Å²) in [4.78, 5) is 64.6. The molecule has 74 heavy (non-hydrogen) atoms. The van der Waals surface area contributed by atoms with Crippen molar-refractivity contribution in [1.29, 1.82) is 0 Å². The van der Waals surface area contributed by atoms with Crippen molar-refractivity contribution >= 4 is 29.9 Å². The van der Waals surface area contributed by atoms with Crippen LogP contribution < -0.4 is 21.3 Å². The number of ether oxygens (including phenoxy) is 14. The highest BCUT2D eigenvalue weighted by Crippen LogP contribution is 2.07. The van der Waals surface area contributed by atoms with Crippen LogP contribution in [0, 0.1) is 0 Å². The fourth-order valence-electron chi connectivity index (χ4n) is 5.33. The standard InChI is InChI=1S/C47H90N8O19/c1-46(2,3)73-44(59)51-12-10-49-41(56)7-17-61-23-29-67-36-39-71-33-27-65-21-15-55(43(58)9-19-63-25-31-69-35-38-70-32-26-64-20-14-53-54-48)16-22-66-28-34-72-40-37-68-30-24-62-18-8-42(57)50-11-13-52-45(60)74-47(4,5)6/h7-40H2,1-6H3,(H,49,56)(H,50,57)(H,51,59)(H,52,60). The van der Waals surface area contributed by atoms with Crippen LogP contribution in [0.25, 0.3) is 10.4 Å². The fraction of sp³-hybridized carbons (Fsp3) is 0.894. The Labute approximate surface area is 437 Å². The van der Waals surface area contributed by atoms with Crippen LogP contribution in [0.2, 0.25) is 0 Å². The zero-order valence-electron chi connectivity index (χ0n) is 45.1. The highest BCUT2D eigenvalue weighted by atomic mass is 16.6. The Kier molecular flexibility index (Phi) is 46.8. The molecule has 0 aromatic rings. The van der Waals surface area contributed by atoms with E-state index in [4.69, 9.17) is 71.8 Å². The molecule has 0 rings (SSSR count). The molecule has 0 fully saturated rings. The van der Waals surface area contributed by atoms with Crippen molar-refractivity contribution < 1.29 is 90.3 Å². The molecule has 5 amide bonds. The maximum atomic E-state index is 13.1. The largest absolute Gasteiger partial charge is 0.444 e. The van der Waals surface area contributed by atoms with E-state index in [0.29, 0.717) is 152 Å². The molecule has 432 valence electrons. The number of carbonyl (C=O) groups is 5. The van der Waals surface area contributed by atoms with Crippen molar-refractivity contribution in [2.24, 2.45) is 5.11 Å². The van der Waals surface area contributed by atoms with Gasteiger partial charge in [0, 0.05) is 63.6 Å². The normalized spacial score (nSPS) is 11.4. The van der Waals surface area contributed by atoms with Gasteiger partial charge in [-0.1, -0.05) is 5.11 Å². The summed E-state index contributed by atoms with van der Waals surface area (Å²) >= 11 is 0. The molecular weight excluding hydrogens is 981 g/mol. The minimum Gasteiger partial charge on any atom is -0.444 e. The zero-order chi connectivity index (χ0) is 54.6. The Morgan fingerprint density at radius 1 is 0.392 bits per heavy atom. The average molecular weight is 1070 g/mol. The third kappa shape index (κ3) is 54.1. The molecule has 27 nitrogen and oxygen atoms in total. The first-order valence-corrected chi connectivity index (χ1v) is 25.3. The minimum atomic E-state index is -0.588. The van der Waals surface area contributed by atoms with E-state index >= 15 is 0 Å². The Hall–Kier alpha value is -4.22. The van der Waals surface area contributed by atoms with Gasteiger partial charge in [0.15, 0.2) is 0 Å². The number of alkyl carbamates (subject to hydrolysis) is 2. The number of carbonyl (C=O) groups excluding carboxylic acids is 5. The van der Waals surface area contributed by atoms with Crippen molar-refractivity contribution in [3.63, 3.8) is 0 Å². The van der Waals surface area contributed by atoms with Crippen LogP contribution in [0.4, 0.5) is 9.59 Å². The maximum absolute atomic E-state index is 13.1. The highest BCUT2D eigenvalue weighted by Gasteiger charge is 2.17. The number of hydrogen-bond donors (Lipinski definition) is 4. The van der Waals surface area contributed by atoms with E-state index in [2.05, 4.69) is 31.3 Å². The van der Waals surface area contributed by atoms with E-state index in [9.17, 15) is 24.0 Å². The molecule has 0 bridgehead atoms. The summed E-state index contributed by atoms with van der Waals surface area (Å²) in [6, 6.07) is 0. The van der Waals surface area contributed by atoms with Crippen molar-refractivity contribution in [1.82, 2.24) is 26.2 Å². The molecule has 0 aromatic carbocycles. The van der Waals surface area contributed by atoms with Crippen molar-refractivity contribution in [2.75, 3.05) is 204 Å². The predicted molar refractivity (Wildman–Crippen MR) is 269 cm³/mol. The lowest BCUT2D eigenvalue weighted by Crippen LogP contribution is -2.38. The molecule has 27 heteroatoms. The number of nitrogens with one attached hydrogen (secondary N) is 4. The smallest absolute Gasteiger partial charge is 0.407 e. The molecule has 0 saturated carbocycles. The Bertz CT molecular complexity index is 1380. The quantitative estimate of drug-likeness (QED) is 0.0292. The summed E-state index contributed by atoms with van der Waals surface area (Å²) in [6.07, 6.45) is -0.539. The third-order valence-electron chi connectivity index (χ3n) is 8.75. The maximum Gasteiger partial charge on any atom is 0.407 e. The summed E-state index contributed by atoms with van der Waals surface area (Å²) in [6.45, 7) is 20.7. The van der Waals surface area contributed by atoms with E-state index in [-0.39, 0.29) is 89.5 Å². The van der Waals surface area contributed by atoms with E-state index < -0.39 is 23.4 Å².